The van der Waals surface area contributed by atoms with Crippen LogP contribution in [0.15, 0.2) is 0 Å². The van der Waals surface area contributed by atoms with Gasteiger partial charge in [-0.2, -0.15) is 0 Å². The van der Waals surface area contributed by atoms with Gasteiger partial charge >= 0.3 is 5.97 Å². The van der Waals surface area contributed by atoms with Crippen molar-refractivity contribution in [2.24, 2.45) is 0 Å². The molecule has 0 spiro atoms. The number of rotatable bonds is 2. The summed E-state index contributed by atoms with van der Waals surface area (Å²) in [6, 6.07) is 0. The Morgan fingerprint density at radius 2 is 2.20 bits per heavy atom. The minimum absolute atomic E-state index is 0.364. The van der Waals surface area contributed by atoms with Crippen LogP contribution in [0.4, 0.5) is 0 Å². The summed E-state index contributed by atoms with van der Waals surface area (Å²) in [6.07, 6.45) is -1.59. The Labute approximate surface area is 58.1 Å². The minimum atomic E-state index is -1.18. The van der Waals surface area contributed by atoms with Gasteiger partial charge in [-0.3, -0.25) is 4.79 Å². The molecule has 0 aliphatic heterocycles. The fourth-order valence-electron chi connectivity index (χ4n) is 0.380. The average molecular weight is 144 g/mol. The van der Waals surface area contributed by atoms with Crippen molar-refractivity contribution < 1.29 is 20.1 Å². The van der Waals surface area contributed by atoms with Gasteiger partial charge in [0.25, 0.3) is 0 Å². The smallest absolute Gasteiger partial charge is 0.307 e. The third-order valence-electron chi connectivity index (χ3n) is 0.716. The summed E-state index contributed by atoms with van der Waals surface area (Å²) in [5.41, 5.74) is 0. The van der Waals surface area contributed by atoms with Crippen molar-refractivity contribution in [1.29, 1.82) is 0 Å². The van der Waals surface area contributed by atoms with E-state index in [0.29, 0.717) is 0 Å². The molecule has 10 heavy (non-hydrogen) atoms. The molecule has 4 nitrogen and oxygen atoms in total. The van der Waals surface area contributed by atoms with Crippen molar-refractivity contribution in [2.45, 2.75) is 12.5 Å². The van der Waals surface area contributed by atoms with Gasteiger partial charge in [0.2, 0.25) is 0 Å². The van der Waals surface area contributed by atoms with Gasteiger partial charge in [0, 0.05) is 0 Å². The van der Waals surface area contributed by atoms with Gasteiger partial charge in [-0.25, -0.2) is 0 Å². The van der Waals surface area contributed by atoms with Crippen LogP contribution in [0.5, 0.6) is 0 Å². The Morgan fingerprint density at radius 3 is 2.60 bits per heavy atom. The number of aliphatic hydroxyl groups is 2. The molecule has 4 heteroatoms. The van der Waals surface area contributed by atoms with Gasteiger partial charge in [0.1, 0.15) is 12.7 Å². The largest absolute Gasteiger partial charge is 0.481 e. The molecule has 0 bridgehead atoms. The zero-order chi connectivity index (χ0) is 7.98. The molecule has 1 unspecified atom stereocenters. The first-order chi connectivity index (χ1) is 4.66. The van der Waals surface area contributed by atoms with Gasteiger partial charge in [-0.1, -0.05) is 11.8 Å². The van der Waals surface area contributed by atoms with E-state index < -0.39 is 18.5 Å². The molecular formula is C6H8O4. The Balaban J connectivity index is 3.63. The lowest BCUT2D eigenvalue weighted by molar-refractivity contribution is -0.138. The number of aliphatic hydroxyl groups excluding tert-OH is 2. The van der Waals surface area contributed by atoms with E-state index in [4.69, 9.17) is 15.3 Å². The molecule has 0 aromatic carbocycles. The second-order valence-electron chi connectivity index (χ2n) is 1.59. The lowest BCUT2D eigenvalue weighted by atomic mass is 10.2. The number of hydrogen-bond acceptors (Lipinski definition) is 3. The van der Waals surface area contributed by atoms with E-state index in [-0.39, 0.29) is 6.61 Å². The van der Waals surface area contributed by atoms with Gasteiger partial charge < -0.3 is 15.3 Å². The fraction of sp³-hybridized carbons (Fsp3) is 0.500. The highest BCUT2D eigenvalue weighted by molar-refractivity contribution is 5.67. The van der Waals surface area contributed by atoms with Gasteiger partial charge in [-0.15, -0.1) is 0 Å². The van der Waals surface area contributed by atoms with Crippen molar-refractivity contribution >= 4 is 5.97 Å². The molecule has 0 aliphatic rings. The molecule has 0 aromatic heterocycles. The molecule has 0 rings (SSSR count). The second-order valence-corrected chi connectivity index (χ2v) is 1.59. The summed E-state index contributed by atoms with van der Waals surface area (Å²) < 4.78 is 0. The predicted octanol–water partition coefficient (Wildman–Crippen LogP) is -1.18. The molecule has 0 heterocycles. The normalized spacial score (nSPS) is 11.4. The lowest BCUT2D eigenvalue weighted by Crippen LogP contribution is -2.10. The highest BCUT2D eigenvalue weighted by atomic mass is 16.4. The first-order valence-corrected chi connectivity index (χ1v) is 2.66. The zero-order valence-electron chi connectivity index (χ0n) is 5.24. The van der Waals surface area contributed by atoms with Crippen LogP contribution < -0.4 is 0 Å². The maximum Gasteiger partial charge on any atom is 0.307 e. The maximum atomic E-state index is 9.88. The molecule has 0 aliphatic carbocycles. The van der Waals surface area contributed by atoms with Crippen molar-refractivity contribution in [3.05, 3.63) is 0 Å². The number of hydrogen-bond donors (Lipinski definition) is 3. The van der Waals surface area contributed by atoms with Crippen molar-refractivity contribution in [1.82, 2.24) is 0 Å². The SMILES string of the molecule is O=C(O)CC(O)C#CCO. The van der Waals surface area contributed by atoms with E-state index >= 15 is 0 Å². The standard InChI is InChI=1S/C6H8O4/c7-3-1-2-5(8)4-6(9)10/h5,7-8H,3-4H2,(H,9,10). The molecular weight excluding hydrogens is 136 g/mol. The van der Waals surface area contributed by atoms with E-state index in [1.165, 1.54) is 0 Å². The Hall–Kier alpha value is -1.05. The molecule has 0 saturated heterocycles. The Bertz CT molecular complexity index is 164. The lowest BCUT2D eigenvalue weighted by Gasteiger charge is -1.94. The summed E-state index contributed by atoms with van der Waals surface area (Å²) in [7, 11) is 0. The van der Waals surface area contributed by atoms with E-state index in [0.717, 1.165) is 0 Å². The fourth-order valence-corrected chi connectivity index (χ4v) is 0.380. The predicted molar refractivity (Wildman–Crippen MR) is 33.1 cm³/mol. The van der Waals surface area contributed by atoms with Crippen molar-refractivity contribution in [3.63, 3.8) is 0 Å². The summed E-state index contributed by atoms with van der Waals surface area (Å²) in [4.78, 5) is 9.88. The van der Waals surface area contributed by atoms with Crippen LogP contribution in [0.3, 0.4) is 0 Å². The van der Waals surface area contributed by atoms with E-state index in [2.05, 4.69) is 11.8 Å². The van der Waals surface area contributed by atoms with Crippen LogP contribution in [0.1, 0.15) is 6.42 Å². The van der Waals surface area contributed by atoms with Crippen LogP contribution >= 0.6 is 0 Å². The van der Waals surface area contributed by atoms with Crippen LogP contribution in [0.2, 0.25) is 0 Å². The molecule has 0 radical (unpaired) electrons. The number of carboxylic acids is 1. The number of carboxylic acid groups (broad SMARTS) is 1. The molecule has 56 valence electrons. The van der Waals surface area contributed by atoms with Crippen LogP contribution in [-0.4, -0.2) is 34.0 Å². The monoisotopic (exact) mass is 144 g/mol. The first-order valence-electron chi connectivity index (χ1n) is 2.66. The third-order valence-corrected chi connectivity index (χ3v) is 0.716. The molecule has 0 amide bonds. The topological polar surface area (TPSA) is 77.8 Å². The quantitative estimate of drug-likeness (QED) is 0.426. The zero-order valence-corrected chi connectivity index (χ0v) is 5.24. The first kappa shape index (κ1) is 8.95. The van der Waals surface area contributed by atoms with Crippen LogP contribution in [0, 0.1) is 11.8 Å². The van der Waals surface area contributed by atoms with Gasteiger partial charge in [-0.05, 0) is 0 Å². The highest BCUT2D eigenvalue weighted by Gasteiger charge is 2.03. The average Bonchev–Trinajstić information content (AvgIpc) is 1.82. The Kier molecular flexibility index (Phi) is 4.29. The van der Waals surface area contributed by atoms with E-state index in [9.17, 15) is 4.79 Å². The molecule has 0 aromatic rings. The Morgan fingerprint density at radius 1 is 1.60 bits per heavy atom. The molecule has 0 saturated carbocycles. The van der Waals surface area contributed by atoms with Crippen LogP contribution in [-0.2, 0) is 4.79 Å². The maximum absolute atomic E-state index is 9.88. The van der Waals surface area contributed by atoms with Crippen LogP contribution in [0.25, 0.3) is 0 Å². The van der Waals surface area contributed by atoms with Gasteiger partial charge in [0.05, 0.1) is 6.42 Å². The molecule has 0 fully saturated rings. The minimum Gasteiger partial charge on any atom is -0.481 e. The van der Waals surface area contributed by atoms with E-state index in [1.54, 1.807) is 0 Å². The molecule has 3 N–H and O–H groups in total. The summed E-state index contributed by atoms with van der Waals surface area (Å²) >= 11 is 0. The van der Waals surface area contributed by atoms with Crippen molar-refractivity contribution in [3.8, 4) is 11.8 Å². The third kappa shape index (κ3) is 5.09. The van der Waals surface area contributed by atoms with E-state index in [1.807, 2.05) is 0 Å². The van der Waals surface area contributed by atoms with Crippen molar-refractivity contribution in [2.75, 3.05) is 6.61 Å². The second kappa shape index (κ2) is 4.79. The van der Waals surface area contributed by atoms with Gasteiger partial charge in [0.15, 0.2) is 0 Å². The number of carbonyl (C=O) groups is 1. The summed E-state index contributed by atoms with van der Waals surface area (Å²) in [5, 5.41) is 24.9. The molecule has 1 atom stereocenters. The summed E-state index contributed by atoms with van der Waals surface area (Å²) in [6.45, 7) is -0.364. The summed E-state index contributed by atoms with van der Waals surface area (Å²) in [5.74, 6) is 3.17. The highest BCUT2D eigenvalue weighted by Crippen LogP contribution is 1.87. The number of aliphatic carboxylic acids is 1.